The van der Waals surface area contributed by atoms with Gasteiger partial charge in [-0.15, -0.1) is 0 Å². The number of carbonyl (C=O) groups excluding carboxylic acids is 1. The van der Waals surface area contributed by atoms with Crippen LogP contribution in [0.3, 0.4) is 0 Å². The van der Waals surface area contributed by atoms with Crippen molar-refractivity contribution in [2.75, 3.05) is 33.2 Å². The standard InChI is InChI=1S/C12H25N3O/c1-10(2)14(4)11(16)7-15-6-5-12(3,8-13)9-15/h10H,5-9,13H2,1-4H3. The van der Waals surface area contributed by atoms with E-state index in [1.54, 1.807) is 4.90 Å². The van der Waals surface area contributed by atoms with E-state index in [1.807, 2.05) is 20.9 Å². The lowest BCUT2D eigenvalue weighted by Crippen LogP contribution is -2.41. The molecule has 1 rings (SSSR count). The van der Waals surface area contributed by atoms with Gasteiger partial charge in [0.25, 0.3) is 0 Å². The number of hydrogen-bond acceptors (Lipinski definition) is 3. The van der Waals surface area contributed by atoms with Gasteiger partial charge in [0.15, 0.2) is 0 Å². The van der Waals surface area contributed by atoms with E-state index in [-0.39, 0.29) is 17.4 Å². The molecule has 94 valence electrons. The van der Waals surface area contributed by atoms with Crippen molar-refractivity contribution in [2.45, 2.75) is 33.2 Å². The average molecular weight is 227 g/mol. The largest absolute Gasteiger partial charge is 0.342 e. The summed E-state index contributed by atoms with van der Waals surface area (Å²) in [5.41, 5.74) is 5.95. The minimum absolute atomic E-state index is 0.205. The van der Waals surface area contributed by atoms with Gasteiger partial charge in [-0.05, 0) is 38.8 Å². The number of likely N-dealkylation sites (N-methyl/N-ethyl adjacent to an activating group) is 1. The maximum absolute atomic E-state index is 11.9. The van der Waals surface area contributed by atoms with E-state index in [2.05, 4.69) is 11.8 Å². The third kappa shape index (κ3) is 3.19. The van der Waals surface area contributed by atoms with Gasteiger partial charge in [0.05, 0.1) is 6.54 Å². The molecule has 0 aromatic heterocycles. The first kappa shape index (κ1) is 13.5. The van der Waals surface area contributed by atoms with E-state index < -0.39 is 0 Å². The number of nitrogens with zero attached hydrogens (tertiary/aromatic N) is 2. The predicted octanol–water partition coefficient (Wildman–Crippen LogP) is 0.524. The molecule has 16 heavy (non-hydrogen) atoms. The molecule has 1 fully saturated rings. The van der Waals surface area contributed by atoms with E-state index in [1.165, 1.54) is 0 Å². The van der Waals surface area contributed by atoms with Crippen molar-refractivity contribution < 1.29 is 4.79 Å². The summed E-state index contributed by atoms with van der Waals surface area (Å²) in [7, 11) is 1.87. The number of nitrogens with two attached hydrogens (primary N) is 1. The maximum atomic E-state index is 11.9. The van der Waals surface area contributed by atoms with Gasteiger partial charge >= 0.3 is 0 Å². The Morgan fingerprint density at radius 2 is 2.19 bits per heavy atom. The topological polar surface area (TPSA) is 49.6 Å². The molecule has 1 amide bonds. The monoisotopic (exact) mass is 227 g/mol. The zero-order chi connectivity index (χ0) is 12.3. The summed E-state index contributed by atoms with van der Waals surface area (Å²) in [6, 6.07) is 0.274. The molecule has 0 aliphatic carbocycles. The highest BCUT2D eigenvalue weighted by molar-refractivity contribution is 5.78. The van der Waals surface area contributed by atoms with Gasteiger partial charge in [-0.25, -0.2) is 0 Å². The highest BCUT2D eigenvalue weighted by Gasteiger charge is 2.33. The Labute approximate surface area is 98.8 Å². The van der Waals surface area contributed by atoms with Crippen molar-refractivity contribution >= 4 is 5.91 Å². The summed E-state index contributed by atoms with van der Waals surface area (Å²) >= 11 is 0. The molecule has 1 unspecified atom stereocenters. The van der Waals surface area contributed by atoms with Crippen molar-refractivity contribution in [3.8, 4) is 0 Å². The molecule has 1 saturated heterocycles. The van der Waals surface area contributed by atoms with Crippen LogP contribution in [0.1, 0.15) is 27.2 Å². The van der Waals surface area contributed by atoms with Gasteiger partial charge < -0.3 is 10.6 Å². The zero-order valence-corrected chi connectivity index (χ0v) is 11.0. The van der Waals surface area contributed by atoms with Crippen molar-refractivity contribution in [1.29, 1.82) is 0 Å². The molecule has 0 aromatic carbocycles. The third-order valence-corrected chi connectivity index (χ3v) is 3.66. The second-order valence-corrected chi connectivity index (χ2v) is 5.57. The molecule has 1 atom stereocenters. The Hall–Kier alpha value is -0.610. The molecule has 0 radical (unpaired) electrons. The first-order valence-corrected chi connectivity index (χ1v) is 6.06. The van der Waals surface area contributed by atoms with E-state index in [9.17, 15) is 4.79 Å². The fourth-order valence-corrected chi connectivity index (χ4v) is 2.02. The van der Waals surface area contributed by atoms with Crippen LogP contribution in [0.4, 0.5) is 0 Å². The molecule has 0 spiro atoms. The van der Waals surface area contributed by atoms with Crippen LogP contribution >= 0.6 is 0 Å². The molecule has 1 aliphatic rings. The quantitative estimate of drug-likeness (QED) is 0.762. The van der Waals surface area contributed by atoms with Crippen molar-refractivity contribution in [1.82, 2.24) is 9.80 Å². The lowest BCUT2D eigenvalue weighted by molar-refractivity contribution is -0.132. The van der Waals surface area contributed by atoms with E-state index in [4.69, 9.17) is 5.73 Å². The van der Waals surface area contributed by atoms with Crippen LogP contribution in [0, 0.1) is 5.41 Å². The molecule has 0 saturated carbocycles. The van der Waals surface area contributed by atoms with Crippen LogP contribution < -0.4 is 5.73 Å². The Morgan fingerprint density at radius 3 is 2.62 bits per heavy atom. The molecule has 1 heterocycles. The summed E-state index contributed by atoms with van der Waals surface area (Å²) in [4.78, 5) is 15.9. The van der Waals surface area contributed by atoms with Gasteiger partial charge in [-0.2, -0.15) is 0 Å². The van der Waals surface area contributed by atoms with Crippen LogP contribution in [0.25, 0.3) is 0 Å². The second-order valence-electron chi connectivity index (χ2n) is 5.57. The van der Waals surface area contributed by atoms with Crippen LogP contribution in [0.15, 0.2) is 0 Å². The number of hydrogen-bond donors (Lipinski definition) is 1. The summed E-state index contributed by atoms with van der Waals surface area (Å²) in [5, 5.41) is 0. The Kier molecular flexibility index (Phi) is 4.33. The average Bonchev–Trinajstić information content (AvgIpc) is 2.59. The molecule has 0 aromatic rings. The fraction of sp³-hybridized carbons (Fsp3) is 0.917. The SMILES string of the molecule is CC(C)N(C)C(=O)CN1CCC(C)(CN)C1. The van der Waals surface area contributed by atoms with Gasteiger partial charge in [0.2, 0.25) is 5.91 Å². The molecule has 1 aliphatic heterocycles. The maximum Gasteiger partial charge on any atom is 0.236 e. The van der Waals surface area contributed by atoms with Crippen molar-refractivity contribution in [2.24, 2.45) is 11.1 Å². The number of amides is 1. The van der Waals surface area contributed by atoms with Crippen LogP contribution in [0.2, 0.25) is 0 Å². The van der Waals surface area contributed by atoms with E-state index in [0.717, 1.165) is 19.5 Å². The Bertz CT molecular complexity index is 255. The molecular formula is C12H25N3O. The zero-order valence-electron chi connectivity index (χ0n) is 11.0. The summed E-state index contributed by atoms with van der Waals surface area (Å²) in [5.74, 6) is 0.205. The lowest BCUT2D eigenvalue weighted by atomic mass is 9.90. The van der Waals surface area contributed by atoms with Gasteiger partial charge in [0, 0.05) is 19.6 Å². The Morgan fingerprint density at radius 1 is 1.56 bits per heavy atom. The number of carbonyl (C=O) groups is 1. The molecular weight excluding hydrogens is 202 g/mol. The number of likely N-dealkylation sites (tertiary alicyclic amines) is 1. The first-order chi connectivity index (χ1) is 7.38. The van der Waals surface area contributed by atoms with Gasteiger partial charge in [-0.1, -0.05) is 6.92 Å². The van der Waals surface area contributed by atoms with Crippen molar-refractivity contribution in [3.63, 3.8) is 0 Å². The van der Waals surface area contributed by atoms with E-state index >= 15 is 0 Å². The second kappa shape index (κ2) is 5.15. The van der Waals surface area contributed by atoms with Gasteiger partial charge in [-0.3, -0.25) is 9.69 Å². The third-order valence-electron chi connectivity index (χ3n) is 3.66. The van der Waals surface area contributed by atoms with Crippen molar-refractivity contribution in [3.05, 3.63) is 0 Å². The van der Waals surface area contributed by atoms with Crippen LogP contribution in [-0.2, 0) is 4.79 Å². The fourth-order valence-electron chi connectivity index (χ4n) is 2.02. The summed E-state index contributed by atoms with van der Waals surface area (Å²) in [6.07, 6.45) is 1.10. The first-order valence-electron chi connectivity index (χ1n) is 6.06. The normalized spacial score (nSPS) is 26.4. The highest BCUT2D eigenvalue weighted by Crippen LogP contribution is 2.28. The van der Waals surface area contributed by atoms with E-state index in [0.29, 0.717) is 13.1 Å². The van der Waals surface area contributed by atoms with Crippen LogP contribution in [-0.4, -0.2) is 55.0 Å². The molecule has 2 N–H and O–H groups in total. The summed E-state index contributed by atoms with van der Waals surface area (Å²) < 4.78 is 0. The minimum Gasteiger partial charge on any atom is -0.342 e. The molecule has 4 nitrogen and oxygen atoms in total. The smallest absolute Gasteiger partial charge is 0.236 e. The van der Waals surface area contributed by atoms with Crippen LogP contribution in [0.5, 0.6) is 0 Å². The molecule has 4 heteroatoms. The predicted molar refractivity (Wildman–Crippen MR) is 66.1 cm³/mol. The highest BCUT2D eigenvalue weighted by atomic mass is 16.2. The number of rotatable bonds is 4. The summed E-state index contributed by atoms with van der Waals surface area (Å²) in [6.45, 7) is 9.44. The minimum atomic E-state index is 0.205. The molecule has 0 bridgehead atoms. The lowest BCUT2D eigenvalue weighted by Gasteiger charge is -2.26. The van der Waals surface area contributed by atoms with Gasteiger partial charge in [0.1, 0.15) is 0 Å². The Balaban J connectivity index is 2.43.